The van der Waals surface area contributed by atoms with Gasteiger partial charge in [-0.3, -0.25) is 0 Å². The van der Waals surface area contributed by atoms with E-state index >= 15 is 0 Å². The number of halogens is 1. The first-order valence-corrected chi connectivity index (χ1v) is 5.64. The van der Waals surface area contributed by atoms with E-state index in [0.29, 0.717) is 18.0 Å². The Labute approximate surface area is 99.4 Å². The molecule has 3 nitrogen and oxygen atoms in total. The Hall–Kier alpha value is -1.03. The Morgan fingerprint density at radius 3 is 2.94 bits per heavy atom. The molecule has 1 aromatic heterocycles. The van der Waals surface area contributed by atoms with Gasteiger partial charge in [-0.2, -0.15) is 0 Å². The van der Waals surface area contributed by atoms with Crippen molar-refractivity contribution in [3.05, 3.63) is 35.0 Å². The lowest BCUT2D eigenvalue weighted by atomic mass is 10.0. The largest absolute Gasteiger partial charge is 0.388 e. The monoisotopic (exact) mass is 238 g/mol. The van der Waals surface area contributed by atoms with E-state index in [-0.39, 0.29) is 0 Å². The first kappa shape index (κ1) is 11.5. The molecule has 0 aliphatic rings. The average molecular weight is 239 g/mol. The molecule has 3 N–H and O–H groups in total. The van der Waals surface area contributed by atoms with Crippen molar-refractivity contribution in [2.45, 2.75) is 12.5 Å². The second-order valence-electron chi connectivity index (χ2n) is 3.96. The number of rotatable bonds is 3. The highest BCUT2D eigenvalue weighted by molar-refractivity contribution is 6.35. The first-order valence-electron chi connectivity index (χ1n) is 5.26. The molecule has 1 atom stereocenters. The topological polar surface area (TPSA) is 51.2 Å². The lowest BCUT2D eigenvalue weighted by Gasteiger charge is -2.09. The minimum atomic E-state index is -0.509. The lowest BCUT2D eigenvalue weighted by molar-refractivity contribution is 0.170. The van der Waals surface area contributed by atoms with Crippen molar-refractivity contribution in [1.29, 1.82) is 0 Å². The fraction of sp³-hybridized carbons (Fsp3) is 0.333. The van der Waals surface area contributed by atoms with Crippen molar-refractivity contribution >= 4 is 22.5 Å². The number of benzene rings is 1. The van der Waals surface area contributed by atoms with Crippen LogP contribution in [0.2, 0.25) is 5.02 Å². The molecule has 0 fully saturated rings. The van der Waals surface area contributed by atoms with Crippen LogP contribution in [0, 0.1) is 0 Å². The normalized spacial score (nSPS) is 13.2. The summed E-state index contributed by atoms with van der Waals surface area (Å²) in [5.74, 6) is 0. The molecule has 0 aliphatic heterocycles. The van der Waals surface area contributed by atoms with E-state index in [1.54, 1.807) is 0 Å². The number of hydrogen-bond donors (Lipinski definition) is 2. The molecule has 0 spiro atoms. The number of aromatic nitrogens is 1. The summed E-state index contributed by atoms with van der Waals surface area (Å²) in [6.45, 7) is 0.474. The van der Waals surface area contributed by atoms with Crippen LogP contribution in [0.1, 0.15) is 18.1 Å². The van der Waals surface area contributed by atoms with Crippen molar-refractivity contribution in [1.82, 2.24) is 4.57 Å². The Bertz CT molecular complexity index is 507. The zero-order valence-electron chi connectivity index (χ0n) is 9.15. The zero-order valence-corrected chi connectivity index (χ0v) is 9.91. The van der Waals surface area contributed by atoms with E-state index in [0.717, 1.165) is 16.5 Å². The third-order valence-corrected chi connectivity index (χ3v) is 3.09. The molecule has 86 valence electrons. The highest BCUT2D eigenvalue weighted by atomic mass is 35.5. The van der Waals surface area contributed by atoms with Gasteiger partial charge in [-0.15, -0.1) is 0 Å². The van der Waals surface area contributed by atoms with Crippen LogP contribution in [-0.4, -0.2) is 16.2 Å². The van der Waals surface area contributed by atoms with Crippen LogP contribution in [-0.2, 0) is 7.05 Å². The highest BCUT2D eigenvalue weighted by Crippen LogP contribution is 2.28. The number of aryl methyl sites for hydroxylation is 1. The zero-order chi connectivity index (χ0) is 11.7. The number of nitrogens with two attached hydrogens (primary N) is 1. The maximum absolute atomic E-state index is 9.85. The van der Waals surface area contributed by atoms with E-state index in [9.17, 15) is 5.11 Å². The van der Waals surface area contributed by atoms with E-state index in [2.05, 4.69) is 0 Å². The Morgan fingerprint density at radius 2 is 2.25 bits per heavy atom. The van der Waals surface area contributed by atoms with Gasteiger partial charge in [-0.1, -0.05) is 17.7 Å². The van der Waals surface area contributed by atoms with Gasteiger partial charge >= 0.3 is 0 Å². The van der Waals surface area contributed by atoms with Gasteiger partial charge in [-0.25, -0.2) is 0 Å². The van der Waals surface area contributed by atoms with Crippen LogP contribution in [0.5, 0.6) is 0 Å². The number of aliphatic hydroxyl groups is 1. The van der Waals surface area contributed by atoms with Gasteiger partial charge in [-0.05, 0) is 30.7 Å². The number of nitrogens with zero attached hydrogens (tertiary/aromatic N) is 1. The molecule has 4 heteroatoms. The van der Waals surface area contributed by atoms with Gasteiger partial charge in [0.15, 0.2) is 0 Å². The third-order valence-electron chi connectivity index (χ3n) is 2.79. The van der Waals surface area contributed by atoms with Crippen LogP contribution >= 0.6 is 11.6 Å². The van der Waals surface area contributed by atoms with E-state index in [4.69, 9.17) is 17.3 Å². The van der Waals surface area contributed by atoms with E-state index in [1.165, 1.54) is 0 Å². The summed E-state index contributed by atoms with van der Waals surface area (Å²) >= 11 is 6.10. The molecule has 1 aromatic carbocycles. The van der Waals surface area contributed by atoms with Crippen molar-refractivity contribution in [2.24, 2.45) is 12.8 Å². The minimum Gasteiger partial charge on any atom is -0.388 e. The SMILES string of the molecule is Cn1cc(Cl)c2cc(C(O)CCN)ccc21. The van der Waals surface area contributed by atoms with Gasteiger partial charge < -0.3 is 15.4 Å². The van der Waals surface area contributed by atoms with Crippen LogP contribution in [0.4, 0.5) is 0 Å². The van der Waals surface area contributed by atoms with Crippen molar-refractivity contribution in [2.75, 3.05) is 6.54 Å². The molecule has 0 radical (unpaired) electrons. The van der Waals surface area contributed by atoms with Gasteiger partial charge in [0.05, 0.1) is 11.1 Å². The van der Waals surface area contributed by atoms with Crippen molar-refractivity contribution in [3.63, 3.8) is 0 Å². The van der Waals surface area contributed by atoms with Crippen molar-refractivity contribution < 1.29 is 5.11 Å². The van der Waals surface area contributed by atoms with Crippen molar-refractivity contribution in [3.8, 4) is 0 Å². The van der Waals surface area contributed by atoms with Gasteiger partial charge in [0.1, 0.15) is 0 Å². The van der Waals surface area contributed by atoms with Gasteiger partial charge in [0.25, 0.3) is 0 Å². The summed E-state index contributed by atoms with van der Waals surface area (Å²) in [6, 6.07) is 5.81. The van der Waals surface area contributed by atoms with Crippen LogP contribution < -0.4 is 5.73 Å². The Morgan fingerprint density at radius 1 is 1.50 bits per heavy atom. The second kappa shape index (κ2) is 4.45. The highest BCUT2D eigenvalue weighted by Gasteiger charge is 2.10. The van der Waals surface area contributed by atoms with Crippen LogP contribution in [0.25, 0.3) is 10.9 Å². The molecule has 0 saturated heterocycles. The molecule has 0 amide bonds. The Kier molecular flexibility index (Phi) is 3.19. The molecule has 16 heavy (non-hydrogen) atoms. The summed E-state index contributed by atoms with van der Waals surface area (Å²) in [4.78, 5) is 0. The maximum Gasteiger partial charge on any atom is 0.0802 e. The standard InChI is InChI=1S/C12H15ClN2O/c1-15-7-10(13)9-6-8(2-3-11(9)15)12(16)4-5-14/h2-3,6-7,12,16H,4-5,14H2,1H3. The molecular weight excluding hydrogens is 224 g/mol. The summed E-state index contributed by atoms with van der Waals surface area (Å²) in [7, 11) is 1.95. The number of aliphatic hydroxyl groups excluding tert-OH is 1. The maximum atomic E-state index is 9.85. The van der Waals surface area contributed by atoms with Crippen LogP contribution in [0.3, 0.4) is 0 Å². The van der Waals surface area contributed by atoms with Gasteiger partial charge in [0.2, 0.25) is 0 Å². The number of fused-ring (bicyclic) bond motifs is 1. The molecule has 1 heterocycles. The molecular formula is C12H15ClN2O. The second-order valence-corrected chi connectivity index (χ2v) is 4.36. The third kappa shape index (κ3) is 1.94. The molecule has 0 saturated carbocycles. The lowest BCUT2D eigenvalue weighted by Crippen LogP contribution is -2.06. The Balaban J connectivity index is 2.47. The molecule has 2 aromatic rings. The van der Waals surface area contributed by atoms with E-state index < -0.39 is 6.10 Å². The fourth-order valence-corrected chi connectivity index (χ4v) is 2.19. The summed E-state index contributed by atoms with van der Waals surface area (Å²) < 4.78 is 1.97. The quantitative estimate of drug-likeness (QED) is 0.862. The summed E-state index contributed by atoms with van der Waals surface area (Å²) in [6.07, 6.45) is 1.92. The fourth-order valence-electron chi connectivity index (χ4n) is 1.89. The molecule has 0 aliphatic carbocycles. The predicted octanol–water partition coefficient (Wildman–Crippen LogP) is 2.21. The summed E-state index contributed by atoms with van der Waals surface area (Å²) in [5.41, 5.74) is 7.35. The summed E-state index contributed by atoms with van der Waals surface area (Å²) in [5, 5.41) is 11.5. The predicted molar refractivity (Wildman–Crippen MR) is 66.6 cm³/mol. The number of hydrogen-bond acceptors (Lipinski definition) is 2. The smallest absolute Gasteiger partial charge is 0.0802 e. The molecule has 0 bridgehead atoms. The molecule has 1 unspecified atom stereocenters. The first-order chi connectivity index (χ1) is 7.63. The van der Waals surface area contributed by atoms with Gasteiger partial charge in [0, 0.05) is 24.1 Å². The minimum absolute atomic E-state index is 0.474. The van der Waals surface area contributed by atoms with Crippen LogP contribution in [0.15, 0.2) is 24.4 Å². The van der Waals surface area contributed by atoms with E-state index in [1.807, 2.05) is 36.0 Å². The average Bonchev–Trinajstić information content (AvgIpc) is 2.55. The molecule has 2 rings (SSSR count).